The molecule has 0 saturated heterocycles. The number of rotatable bonds is 7. The molecule has 7 nitrogen and oxygen atoms in total. The Kier molecular flexibility index (Phi) is 4.72. The van der Waals surface area contributed by atoms with Gasteiger partial charge in [-0.15, -0.1) is 0 Å². The van der Waals surface area contributed by atoms with Crippen molar-refractivity contribution in [3.63, 3.8) is 0 Å². The first-order chi connectivity index (χ1) is 10.0. The third-order valence-electron chi connectivity index (χ3n) is 3.14. The summed E-state index contributed by atoms with van der Waals surface area (Å²) in [5.41, 5.74) is 0.884. The van der Waals surface area contributed by atoms with Crippen LogP contribution in [0.15, 0.2) is 12.4 Å². The molecule has 7 heteroatoms. The van der Waals surface area contributed by atoms with E-state index >= 15 is 0 Å². The van der Waals surface area contributed by atoms with E-state index < -0.39 is 12.0 Å². The third-order valence-corrected chi connectivity index (χ3v) is 3.14. The van der Waals surface area contributed by atoms with Crippen molar-refractivity contribution in [3.05, 3.63) is 18.1 Å². The van der Waals surface area contributed by atoms with Crippen molar-refractivity contribution in [1.29, 1.82) is 0 Å². The molecule has 21 heavy (non-hydrogen) atoms. The molecule has 0 saturated carbocycles. The Morgan fingerprint density at radius 3 is 2.86 bits per heavy atom. The Morgan fingerprint density at radius 1 is 1.48 bits per heavy atom. The van der Waals surface area contributed by atoms with E-state index in [2.05, 4.69) is 27.3 Å². The lowest BCUT2D eigenvalue weighted by Gasteiger charge is -2.18. The number of aliphatic carboxylic acids is 1. The van der Waals surface area contributed by atoms with Gasteiger partial charge < -0.3 is 10.4 Å². The van der Waals surface area contributed by atoms with Gasteiger partial charge in [-0.3, -0.25) is 0 Å². The molecular formula is C14H21N5O2. The first-order valence-electron chi connectivity index (χ1n) is 7.20. The number of carboxylic acids is 1. The van der Waals surface area contributed by atoms with Gasteiger partial charge in [-0.1, -0.05) is 27.2 Å². The van der Waals surface area contributed by atoms with Crippen molar-refractivity contribution in [1.82, 2.24) is 19.6 Å². The summed E-state index contributed by atoms with van der Waals surface area (Å²) in [4.78, 5) is 19.9. The molecule has 0 fully saturated rings. The van der Waals surface area contributed by atoms with Gasteiger partial charge in [0, 0.05) is 11.8 Å². The summed E-state index contributed by atoms with van der Waals surface area (Å²) >= 11 is 0. The molecule has 0 bridgehead atoms. The van der Waals surface area contributed by atoms with Crippen LogP contribution < -0.4 is 5.32 Å². The normalized spacial score (nSPS) is 12.8. The quantitative estimate of drug-likeness (QED) is 0.810. The highest BCUT2D eigenvalue weighted by Crippen LogP contribution is 2.16. The van der Waals surface area contributed by atoms with Crippen molar-refractivity contribution < 1.29 is 9.90 Å². The zero-order valence-corrected chi connectivity index (χ0v) is 12.6. The second-order valence-electron chi connectivity index (χ2n) is 5.52. The first-order valence-corrected chi connectivity index (χ1v) is 7.20. The Morgan fingerprint density at radius 2 is 2.24 bits per heavy atom. The van der Waals surface area contributed by atoms with Crippen LogP contribution in [0.2, 0.25) is 0 Å². The van der Waals surface area contributed by atoms with Crippen LogP contribution >= 0.6 is 0 Å². The zero-order chi connectivity index (χ0) is 15.4. The summed E-state index contributed by atoms with van der Waals surface area (Å²) in [5, 5.41) is 16.5. The van der Waals surface area contributed by atoms with Crippen LogP contribution in [-0.4, -0.2) is 36.7 Å². The average molecular weight is 291 g/mol. The van der Waals surface area contributed by atoms with Crippen LogP contribution in [0.5, 0.6) is 0 Å². The summed E-state index contributed by atoms with van der Waals surface area (Å²) in [6.07, 6.45) is 3.74. The number of hydrogen-bond acceptors (Lipinski definition) is 5. The van der Waals surface area contributed by atoms with Gasteiger partial charge in [0.2, 0.25) is 0 Å². The van der Waals surface area contributed by atoms with E-state index in [4.69, 9.17) is 0 Å². The average Bonchev–Trinajstić information content (AvgIpc) is 2.86. The lowest BCUT2D eigenvalue weighted by Crippen LogP contribution is -2.31. The van der Waals surface area contributed by atoms with Crippen LogP contribution in [0, 0.1) is 5.92 Å². The van der Waals surface area contributed by atoms with Crippen LogP contribution in [0.25, 0.3) is 5.78 Å². The van der Waals surface area contributed by atoms with Gasteiger partial charge >= 0.3 is 5.97 Å². The molecule has 0 aliphatic heterocycles. The van der Waals surface area contributed by atoms with Crippen molar-refractivity contribution in [3.8, 4) is 0 Å². The van der Waals surface area contributed by atoms with E-state index in [9.17, 15) is 9.90 Å². The molecule has 1 atom stereocenters. The van der Waals surface area contributed by atoms with Crippen LogP contribution in [0.1, 0.15) is 39.3 Å². The number of aryl methyl sites for hydroxylation is 1. The fourth-order valence-electron chi connectivity index (χ4n) is 2.22. The highest BCUT2D eigenvalue weighted by atomic mass is 16.4. The molecule has 0 unspecified atom stereocenters. The number of nitrogens with one attached hydrogen (secondary N) is 1. The van der Waals surface area contributed by atoms with Gasteiger partial charge in [0.15, 0.2) is 0 Å². The SMILES string of the molecule is CCCc1cc(N[C@@H](CC(C)C)C(=O)O)n2ncnc2n1. The molecule has 0 aromatic carbocycles. The van der Waals surface area contributed by atoms with E-state index in [-0.39, 0.29) is 5.92 Å². The maximum atomic E-state index is 11.4. The van der Waals surface area contributed by atoms with Crippen molar-refractivity contribution in [2.45, 2.75) is 46.1 Å². The molecule has 2 rings (SSSR count). The van der Waals surface area contributed by atoms with E-state index in [1.165, 1.54) is 10.8 Å². The van der Waals surface area contributed by atoms with Gasteiger partial charge in [-0.2, -0.15) is 14.6 Å². The number of carboxylic acid groups (broad SMARTS) is 1. The minimum atomic E-state index is -0.870. The molecule has 2 heterocycles. The number of anilines is 1. The molecular weight excluding hydrogens is 270 g/mol. The minimum absolute atomic E-state index is 0.279. The summed E-state index contributed by atoms with van der Waals surface area (Å²) < 4.78 is 1.54. The predicted octanol–water partition coefficient (Wildman–Crippen LogP) is 1.99. The summed E-state index contributed by atoms with van der Waals surface area (Å²) in [5.74, 6) is 0.513. The molecule has 0 aliphatic carbocycles. The number of carbonyl (C=O) groups is 1. The molecule has 2 aromatic rings. The number of hydrogen-bond donors (Lipinski definition) is 2. The molecule has 0 spiro atoms. The molecule has 2 N–H and O–H groups in total. The highest BCUT2D eigenvalue weighted by Gasteiger charge is 2.20. The second-order valence-corrected chi connectivity index (χ2v) is 5.52. The summed E-state index contributed by atoms with van der Waals surface area (Å²) in [7, 11) is 0. The monoisotopic (exact) mass is 291 g/mol. The van der Waals surface area contributed by atoms with Gasteiger partial charge in [0.05, 0.1) is 0 Å². The number of fused-ring (bicyclic) bond motifs is 1. The van der Waals surface area contributed by atoms with E-state index in [1.54, 1.807) is 0 Å². The third kappa shape index (κ3) is 3.68. The summed E-state index contributed by atoms with van der Waals surface area (Å²) in [6, 6.07) is 1.19. The van der Waals surface area contributed by atoms with E-state index in [0.717, 1.165) is 18.5 Å². The standard InChI is InChI=1S/C14H21N5O2/c1-4-5-10-7-12(19-14(17-10)15-8-16-19)18-11(13(20)21)6-9(2)3/h7-9,11,18H,4-6H2,1-3H3,(H,20,21)/t11-/m0/s1. The molecule has 114 valence electrons. The van der Waals surface area contributed by atoms with Gasteiger partial charge in [0.1, 0.15) is 18.2 Å². The Hall–Kier alpha value is -2.18. The second kappa shape index (κ2) is 6.51. The van der Waals surface area contributed by atoms with Crippen LogP contribution in [0.3, 0.4) is 0 Å². The topological polar surface area (TPSA) is 92.4 Å². The Bertz CT molecular complexity index is 623. The number of nitrogens with zero attached hydrogens (tertiary/aromatic N) is 4. The first kappa shape index (κ1) is 15.2. The van der Waals surface area contributed by atoms with Crippen molar-refractivity contribution >= 4 is 17.6 Å². The highest BCUT2D eigenvalue weighted by molar-refractivity contribution is 5.77. The number of aromatic nitrogens is 4. The van der Waals surface area contributed by atoms with Gasteiger partial charge in [-0.05, 0) is 18.8 Å². The smallest absolute Gasteiger partial charge is 0.326 e. The van der Waals surface area contributed by atoms with Gasteiger partial charge in [0.25, 0.3) is 5.78 Å². The molecule has 0 radical (unpaired) electrons. The van der Waals surface area contributed by atoms with E-state index in [1.807, 2.05) is 19.9 Å². The molecule has 2 aromatic heterocycles. The maximum absolute atomic E-state index is 11.4. The summed E-state index contributed by atoms with van der Waals surface area (Å²) in [6.45, 7) is 6.07. The minimum Gasteiger partial charge on any atom is -0.480 e. The van der Waals surface area contributed by atoms with E-state index in [0.29, 0.717) is 18.0 Å². The van der Waals surface area contributed by atoms with Crippen LogP contribution in [0.4, 0.5) is 5.82 Å². The fourth-order valence-corrected chi connectivity index (χ4v) is 2.22. The van der Waals surface area contributed by atoms with Crippen LogP contribution in [-0.2, 0) is 11.2 Å². The lowest BCUT2D eigenvalue weighted by atomic mass is 10.0. The van der Waals surface area contributed by atoms with Crippen molar-refractivity contribution in [2.24, 2.45) is 5.92 Å². The molecule has 0 amide bonds. The maximum Gasteiger partial charge on any atom is 0.326 e. The lowest BCUT2D eigenvalue weighted by molar-refractivity contribution is -0.138. The largest absolute Gasteiger partial charge is 0.480 e. The molecule has 0 aliphatic rings. The Balaban J connectivity index is 2.34. The predicted molar refractivity (Wildman–Crippen MR) is 79.3 cm³/mol. The fraction of sp³-hybridized carbons (Fsp3) is 0.571. The Labute approximate surface area is 123 Å². The van der Waals surface area contributed by atoms with Gasteiger partial charge in [-0.25, -0.2) is 9.78 Å². The zero-order valence-electron chi connectivity index (χ0n) is 12.6. The van der Waals surface area contributed by atoms with Crippen molar-refractivity contribution in [2.75, 3.05) is 5.32 Å².